The highest BCUT2D eigenvalue weighted by atomic mass is 16.3. The Balaban J connectivity index is 2.13. The summed E-state index contributed by atoms with van der Waals surface area (Å²) in [6.07, 6.45) is 2.22. The van der Waals surface area contributed by atoms with E-state index in [1.165, 1.54) is 0 Å². The SMILES string of the molecule is O=C1CCCN(c2cccc(O)c2)CC1. The largest absolute Gasteiger partial charge is 0.508 e. The summed E-state index contributed by atoms with van der Waals surface area (Å²) in [5.74, 6) is 0.626. The Morgan fingerprint density at radius 1 is 1.20 bits per heavy atom. The third-order valence-corrected chi connectivity index (χ3v) is 2.74. The standard InChI is InChI=1S/C12H15NO2/c14-11-5-2-7-13(8-6-11)10-3-1-4-12(15)9-10/h1,3-4,9,15H,2,5-8H2. The van der Waals surface area contributed by atoms with E-state index in [1.807, 2.05) is 12.1 Å². The van der Waals surface area contributed by atoms with Crippen LogP contribution in [0.15, 0.2) is 24.3 Å². The third kappa shape index (κ3) is 2.49. The molecule has 0 unspecified atom stereocenters. The maximum Gasteiger partial charge on any atom is 0.134 e. The second-order valence-electron chi connectivity index (χ2n) is 3.90. The minimum Gasteiger partial charge on any atom is -0.508 e. The minimum absolute atomic E-state index is 0.281. The number of nitrogens with zero attached hydrogens (tertiary/aromatic N) is 1. The van der Waals surface area contributed by atoms with Crippen LogP contribution in [0.5, 0.6) is 5.75 Å². The van der Waals surface area contributed by atoms with Crippen LogP contribution in [0.4, 0.5) is 5.69 Å². The molecule has 15 heavy (non-hydrogen) atoms. The average Bonchev–Trinajstić information content (AvgIpc) is 2.43. The molecule has 1 heterocycles. The van der Waals surface area contributed by atoms with Gasteiger partial charge in [-0.3, -0.25) is 4.79 Å². The lowest BCUT2D eigenvalue weighted by atomic mass is 10.2. The summed E-state index contributed by atoms with van der Waals surface area (Å²) >= 11 is 0. The number of phenols is 1. The summed E-state index contributed by atoms with van der Waals surface area (Å²) in [4.78, 5) is 13.4. The highest BCUT2D eigenvalue weighted by Crippen LogP contribution is 2.22. The van der Waals surface area contributed by atoms with Crippen LogP contribution in [0.3, 0.4) is 0 Å². The second-order valence-corrected chi connectivity index (χ2v) is 3.90. The van der Waals surface area contributed by atoms with Crippen LogP contribution in [0.25, 0.3) is 0 Å². The normalized spacial score (nSPS) is 17.6. The van der Waals surface area contributed by atoms with Crippen molar-refractivity contribution in [3.63, 3.8) is 0 Å². The summed E-state index contributed by atoms with van der Waals surface area (Å²) in [7, 11) is 0. The third-order valence-electron chi connectivity index (χ3n) is 2.74. The molecule has 0 aromatic heterocycles. The highest BCUT2D eigenvalue weighted by Gasteiger charge is 2.14. The summed E-state index contributed by atoms with van der Waals surface area (Å²) in [5.41, 5.74) is 1.00. The van der Waals surface area contributed by atoms with E-state index in [0.29, 0.717) is 18.6 Å². The number of Topliss-reactive ketones (excluding diaryl/α,β-unsaturated/α-hetero) is 1. The van der Waals surface area contributed by atoms with Crippen molar-refractivity contribution in [3.05, 3.63) is 24.3 Å². The first-order chi connectivity index (χ1) is 7.25. The molecule has 2 rings (SSSR count). The fourth-order valence-electron chi connectivity index (χ4n) is 1.91. The van der Waals surface area contributed by atoms with Crippen molar-refractivity contribution in [2.24, 2.45) is 0 Å². The molecule has 1 N–H and O–H groups in total. The molecule has 3 heteroatoms. The van der Waals surface area contributed by atoms with Gasteiger partial charge in [-0.1, -0.05) is 6.07 Å². The smallest absolute Gasteiger partial charge is 0.134 e. The number of carbonyl (C=O) groups is 1. The Morgan fingerprint density at radius 3 is 2.87 bits per heavy atom. The molecule has 0 atom stereocenters. The molecule has 0 amide bonds. The van der Waals surface area contributed by atoms with Crippen LogP contribution < -0.4 is 4.90 Å². The van der Waals surface area contributed by atoms with Crippen LogP contribution >= 0.6 is 0 Å². The summed E-state index contributed by atoms with van der Waals surface area (Å²) in [5, 5.41) is 9.37. The van der Waals surface area contributed by atoms with Gasteiger partial charge in [-0.15, -0.1) is 0 Å². The van der Waals surface area contributed by atoms with Gasteiger partial charge in [-0.05, 0) is 18.6 Å². The van der Waals surface area contributed by atoms with Gasteiger partial charge in [0.15, 0.2) is 0 Å². The van der Waals surface area contributed by atoms with E-state index in [2.05, 4.69) is 4.90 Å². The van der Waals surface area contributed by atoms with Gasteiger partial charge < -0.3 is 10.0 Å². The lowest BCUT2D eigenvalue weighted by Crippen LogP contribution is -2.23. The summed E-state index contributed by atoms with van der Waals surface area (Å²) in [6.45, 7) is 1.66. The summed E-state index contributed by atoms with van der Waals surface area (Å²) in [6, 6.07) is 7.20. The van der Waals surface area contributed by atoms with Crippen molar-refractivity contribution in [2.45, 2.75) is 19.3 Å². The Morgan fingerprint density at radius 2 is 2.07 bits per heavy atom. The van der Waals surface area contributed by atoms with Gasteiger partial charge in [0.1, 0.15) is 11.5 Å². The number of carbonyl (C=O) groups excluding carboxylic acids is 1. The number of hydrogen-bond donors (Lipinski definition) is 1. The molecule has 3 nitrogen and oxygen atoms in total. The molecule has 1 aromatic carbocycles. The van der Waals surface area contributed by atoms with Crippen LogP contribution in [-0.2, 0) is 4.79 Å². The predicted octanol–water partition coefficient (Wildman–Crippen LogP) is 1.95. The zero-order chi connectivity index (χ0) is 10.7. The predicted molar refractivity (Wildman–Crippen MR) is 59.2 cm³/mol. The first kappa shape index (κ1) is 10.0. The molecular weight excluding hydrogens is 190 g/mol. The maximum absolute atomic E-state index is 11.3. The van der Waals surface area contributed by atoms with Crippen molar-refractivity contribution >= 4 is 11.5 Å². The van der Waals surface area contributed by atoms with Gasteiger partial charge in [-0.25, -0.2) is 0 Å². The topological polar surface area (TPSA) is 40.5 Å². The number of anilines is 1. The van der Waals surface area contributed by atoms with E-state index in [9.17, 15) is 9.90 Å². The fourth-order valence-corrected chi connectivity index (χ4v) is 1.91. The number of aromatic hydroxyl groups is 1. The molecule has 0 spiro atoms. The lowest BCUT2D eigenvalue weighted by Gasteiger charge is -2.22. The van der Waals surface area contributed by atoms with Gasteiger partial charge in [0, 0.05) is 37.7 Å². The minimum atomic E-state index is 0.281. The van der Waals surface area contributed by atoms with Gasteiger partial charge in [0.25, 0.3) is 0 Å². The first-order valence-electron chi connectivity index (χ1n) is 5.31. The lowest BCUT2D eigenvalue weighted by molar-refractivity contribution is -0.118. The molecule has 1 saturated heterocycles. The molecule has 0 bridgehead atoms. The number of hydrogen-bond acceptors (Lipinski definition) is 3. The van der Waals surface area contributed by atoms with E-state index < -0.39 is 0 Å². The van der Waals surface area contributed by atoms with E-state index >= 15 is 0 Å². The van der Waals surface area contributed by atoms with Crippen molar-refractivity contribution in [1.29, 1.82) is 0 Å². The summed E-state index contributed by atoms with van der Waals surface area (Å²) < 4.78 is 0. The molecule has 0 aliphatic carbocycles. The van der Waals surface area contributed by atoms with Gasteiger partial charge in [0.2, 0.25) is 0 Å². The number of rotatable bonds is 1. The van der Waals surface area contributed by atoms with Crippen molar-refractivity contribution in [2.75, 3.05) is 18.0 Å². The molecule has 80 valence electrons. The van der Waals surface area contributed by atoms with Crippen LogP contribution in [-0.4, -0.2) is 24.0 Å². The van der Waals surface area contributed by atoms with Gasteiger partial charge in [-0.2, -0.15) is 0 Å². The zero-order valence-electron chi connectivity index (χ0n) is 8.65. The van der Waals surface area contributed by atoms with E-state index in [4.69, 9.17) is 0 Å². The molecule has 1 aromatic rings. The Hall–Kier alpha value is -1.51. The van der Waals surface area contributed by atoms with Crippen molar-refractivity contribution in [1.82, 2.24) is 0 Å². The highest BCUT2D eigenvalue weighted by molar-refractivity contribution is 5.79. The molecular formula is C12H15NO2. The molecule has 0 radical (unpaired) electrons. The average molecular weight is 205 g/mol. The Labute approximate surface area is 89.3 Å². The number of ketones is 1. The van der Waals surface area contributed by atoms with Crippen molar-refractivity contribution in [3.8, 4) is 5.75 Å². The molecule has 1 fully saturated rings. The number of benzene rings is 1. The van der Waals surface area contributed by atoms with Crippen LogP contribution in [0.1, 0.15) is 19.3 Å². The molecule has 1 aliphatic rings. The molecule has 1 aliphatic heterocycles. The maximum atomic E-state index is 11.3. The Kier molecular flexibility index (Phi) is 2.90. The van der Waals surface area contributed by atoms with Crippen LogP contribution in [0.2, 0.25) is 0 Å². The van der Waals surface area contributed by atoms with Crippen LogP contribution in [0, 0.1) is 0 Å². The Bertz CT molecular complexity index is 362. The fraction of sp³-hybridized carbons (Fsp3) is 0.417. The van der Waals surface area contributed by atoms with Crippen molar-refractivity contribution < 1.29 is 9.90 Å². The quantitative estimate of drug-likeness (QED) is 0.761. The van der Waals surface area contributed by atoms with E-state index in [-0.39, 0.29) is 5.75 Å². The monoisotopic (exact) mass is 205 g/mol. The van der Waals surface area contributed by atoms with Gasteiger partial charge >= 0.3 is 0 Å². The first-order valence-corrected chi connectivity index (χ1v) is 5.31. The second kappa shape index (κ2) is 4.34. The van der Waals surface area contributed by atoms with Gasteiger partial charge in [0.05, 0.1) is 0 Å². The van der Waals surface area contributed by atoms with E-state index in [1.54, 1.807) is 12.1 Å². The zero-order valence-corrected chi connectivity index (χ0v) is 8.65. The van der Waals surface area contributed by atoms with E-state index in [0.717, 1.165) is 25.2 Å². The number of phenolic OH excluding ortho intramolecular Hbond substituents is 1. The molecule has 0 saturated carbocycles.